The number of amides is 1. The first-order chi connectivity index (χ1) is 11.1. The monoisotopic (exact) mass is 356 g/mol. The fourth-order valence-corrected chi connectivity index (χ4v) is 2.64. The van der Waals surface area contributed by atoms with Gasteiger partial charge in [-0.05, 0) is 36.6 Å². The van der Waals surface area contributed by atoms with Crippen molar-refractivity contribution in [3.63, 3.8) is 0 Å². The van der Waals surface area contributed by atoms with Crippen LogP contribution in [0.1, 0.15) is 26.7 Å². The molecule has 1 rings (SSSR count). The second-order valence-electron chi connectivity index (χ2n) is 5.95. The van der Waals surface area contributed by atoms with E-state index in [4.69, 9.17) is 4.74 Å². The Morgan fingerprint density at radius 3 is 2.25 bits per heavy atom. The quantitative estimate of drug-likeness (QED) is 0.718. The molecular formula is C16H24N2O5S. The van der Waals surface area contributed by atoms with Gasteiger partial charge >= 0.3 is 5.97 Å². The lowest BCUT2D eigenvalue weighted by Gasteiger charge is -2.12. The van der Waals surface area contributed by atoms with Crippen molar-refractivity contribution < 1.29 is 22.7 Å². The van der Waals surface area contributed by atoms with E-state index in [1.807, 2.05) is 13.8 Å². The summed E-state index contributed by atoms with van der Waals surface area (Å²) in [5, 5.41) is 2.55. The number of esters is 1. The summed E-state index contributed by atoms with van der Waals surface area (Å²) in [6.45, 7) is 3.63. The number of ether oxygens (including phenoxy) is 1. The molecule has 0 spiro atoms. The van der Waals surface area contributed by atoms with E-state index in [0.29, 0.717) is 18.0 Å². The maximum Gasteiger partial charge on any atom is 0.306 e. The highest BCUT2D eigenvalue weighted by Gasteiger charge is 2.17. The fraction of sp³-hybridized carbons (Fsp3) is 0.500. The fourth-order valence-electron chi connectivity index (χ4n) is 1.74. The highest BCUT2D eigenvalue weighted by atomic mass is 32.2. The number of anilines is 1. The maximum absolute atomic E-state index is 11.9. The van der Waals surface area contributed by atoms with Gasteiger partial charge in [0, 0.05) is 26.2 Å². The van der Waals surface area contributed by atoms with E-state index in [1.54, 1.807) is 0 Å². The molecule has 0 aliphatic rings. The number of hydrogen-bond acceptors (Lipinski definition) is 5. The third-order valence-electron chi connectivity index (χ3n) is 3.21. The molecule has 0 unspecified atom stereocenters. The summed E-state index contributed by atoms with van der Waals surface area (Å²) < 4.78 is 29.9. The summed E-state index contributed by atoms with van der Waals surface area (Å²) in [5.41, 5.74) is 0.427. The van der Waals surface area contributed by atoms with E-state index in [0.717, 1.165) is 4.31 Å². The standard InChI is InChI=1S/C16H24N2O5S/c1-12(2)5-10-16(20)23-11-15(19)17-13-6-8-14(9-7-13)24(21,22)18(3)4/h6-9,12H,5,10-11H2,1-4H3,(H,17,19). The van der Waals surface area contributed by atoms with Gasteiger partial charge in [-0.25, -0.2) is 12.7 Å². The molecule has 0 aromatic heterocycles. The third kappa shape index (κ3) is 6.29. The van der Waals surface area contributed by atoms with Crippen molar-refractivity contribution in [2.45, 2.75) is 31.6 Å². The van der Waals surface area contributed by atoms with Gasteiger partial charge in [-0.15, -0.1) is 0 Å². The van der Waals surface area contributed by atoms with E-state index >= 15 is 0 Å². The van der Waals surface area contributed by atoms with Crippen LogP contribution in [-0.2, 0) is 24.3 Å². The van der Waals surface area contributed by atoms with Gasteiger partial charge in [-0.3, -0.25) is 9.59 Å². The molecule has 0 radical (unpaired) electrons. The van der Waals surface area contributed by atoms with Crippen LogP contribution in [0, 0.1) is 5.92 Å². The predicted molar refractivity (Wildman–Crippen MR) is 91.0 cm³/mol. The van der Waals surface area contributed by atoms with Crippen molar-refractivity contribution in [2.75, 3.05) is 26.0 Å². The minimum atomic E-state index is -3.51. The number of sulfonamides is 1. The largest absolute Gasteiger partial charge is 0.456 e. The molecule has 0 saturated heterocycles. The smallest absolute Gasteiger partial charge is 0.306 e. The molecular weight excluding hydrogens is 332 g/mol. The van der Waals surface area contributed by atoms with Gasteiger partial charge in [0.15, 0.2) is 6.61 Å². The molecule has 8 heteroatoms. The van der Waals surface area contributed by atoms with E-state index in [9.17, 15) is 18.0 Å². The van der Waals surface area contributed by atoms with Crippen molar-refractivity contribution >= 4 is 27.6 Å². The number of rotatable bonds is 8. The number of nitrogens with zero attached hydrogens (tertiary/aromatic N) is 1. The molecule has 0 heterocycles. The van der Waals surface area contributed by atoms with Crippen molar-refractivity contribution in [3.8, 4) is 0 Å². The number of hydrogen-bond donors (Lipinski definition) is 1. The molecule has 0 aliphatic carbocycles. The van der Waals surface area contributed by atoms with E-state index < -0.39 is 21.9 Å². The number of carbonyl (C=O) groups is 2. The summed E-state index contributed by atoms with van der Waals surface area (Å²) in [5.74, 6) is -0.495. The summed E-state index contributed by atoms with van der Waals surface area (Å²) in [4.78, 5) is 23.3. The normalized spacial score (nSPS) is 11.6. The Labute approximate surface area is 143 Å². The van der Waals surface area contributed by atoms with Gasteiger partial charge < -0.3 is 10.1 Å². The van der Waals surface area contributed by atoms with Gasteiger partial charge in [-0.2, -0.15) is 0 Å². The Bertz CT molecular complexity index is 666. The summed E-state index contributed by atoms with van der Waals surface area (Å²) in [7, 11) is -0.620. The van der Waals surface area contributed by atoms with E-state index in [-0.39, 0.29) is 17.9 Å². The van der Waals surface area contributed by atoms with Crippen LogP contribution in [-0.4, -0.2) is 45.3 Å². The lowest BCUT2D eigenvalue weighted by atomic mass is 10.1. The molecule has 134 valence electrons. The van der Waals surface area contributed by atoms with Gasteiger partial charge in [0.25, 0.3) is 5.91 Å². The minimum Gasteiger partial charge on any atom is -0.456 e. The van der Waals surface area contributed by atoms with Crippen LogP contribution < -0.4 is 5.32 Å². The average Bonchev–Trinajstić information content (AvgIpc) is 2.51. The van der Waals surface area contributed by atoms with E-state index in [1.165, 1.54) is 38.4 Å². The molecule has 1 N–H and O–H groups in total. The average molecular weight is 356 g/mol. The number of benzene rings is 1. The van der Waals surface area contributed by atoms with E-state index in [2.05, 4.69) is 5.32 Å². The van der Waals surface area contributed by atoms with Crippen LogP contribution in [0.25, 0.3) is 0 Å². The Kier molecular flexibility index (Phi) is 7.37. The Morgan fingerprint density at radius 1 is 1.17 bits per heavy atom. The summed E-state index contributed by atoms with van der Waals surface area (Å²) >= 11 is 0. The van der Waals surface area contributed by atoms with Gasteiger partial charge in [-0.1, -0.05) is 13.8 Å². The second-order valence-corrected chi connectivity index (χ2v) is 8.11. The molecule has 0 saturated carbocycles. The minimum absolute atomic E-state index is 0.130. The number of nitrogens with one attached hydrogen (secondary N) is 1. The Morgan fingerprint density at radius 2 is 1.75 bits per heavy atom. The lowest BCUT2D eigenvalue weighted by Crippen LogP contribution is -2.22. The first-order valence-electron chi connectivity index (χ1n) is 7.61. The van der Waals surface area contributed by atoms with Crippen LogP contribution in [0.3, 0.4) is 0 Å². The highest BCUT2D eigenvalue weighted by molar-refractivity contribution is 7.89. The first-order valence-corrected chi connectivity index (χ1v) is 9.05. The second kappa shape index (κ2) is 8.79. The zero-order chi connectivity index (χ0) is 18.3. The van der Waals surface area contributed by atoms with Crippen LogP contribution in [0.4, 0.5) is 5.69 Å². The van der Waals surface area contributed by atoms with Crippen LogP contribution in [0.15, 0.2) is 29.2 Å². The highest BCUT2D eigenvalue weighted by Crippen LogP contribution is 2.16. The molecule has 0 atom stereocenters. The Balaban J connectivity index is 2.52. The van der Waals surface area contributed by atoms with Crippen molar-refractivity contribution in [3.05, 3.63) is 24.3 Å². The van der Waals surface area contributed by atoms with Gasteiger partial charge in [0.1, 0.15) is 0 Å². The van der Waals surface area contributed by atoms with Crippen LogP contribution in [0.2, 0.25) is 0 Å². The molecule has 0 fully saturated rings. The number of carbonyl (C=O) groups excluding carboxylic acids is 2. The van der Waals surface area contributed by atoms with Crippen molar-refractivity contribution in [1.29, 1.82) is 0 Å². The predicted octanol–water partition coefficient (Wildman–Crippen LogP) is 1.85. The topological polar surface area (TPSA) is 92.8 Å². The molecule has 1 amide bonds. The molecule has 1 aromatic rings. The molecule has 24 heavy (non-hydrogen) atoms. The molecule has 7 nitrogen and oxygen atoms in total. The van der Waals surface area contributed by atoms with Crippen LogP contribution >= 0.6 is 0 Å². The Hall–Kier alpha value is -1.93. The van der Waals surface area contributed by atoms with Crippen LogP contribution in [0.5, 0.6) is 0 Å². The zero-order valence-electron chi connectivity index (χ0n) is 14.4. The van der Waals surface area contributed by atoms with Gasteiger partial charge in [0.2, 0.25) is 10.0 Å². The zero-order valence-corrected chi connectivity index (χ0v) is 15.2. The lowest BCUT2D eigenvalue weighted by molar-refractivity contribution is -0.147. The summed E-state index contributed by atoms with van der Waals surface area (Å²) in [6, 6.07) is 5.77. The SMILES string of the molecule is CC(C)CCC(=O)OCC(=O)Nc1ccc(S(=O)(=O)N(C)C)cc1. The third-order valence-corrected chi connectivity index (χ3v) is 5.04. The molecule has 1 aromatic carbocycles. The van der Waals surface area contributed by atoms with Crippen molar-refractivity contribution in [1.82, 2.24) is 4.31 Å². The molecule has 0 aliphatic heterocycles. The van der Waals surface area contributed by atoms with Gasteiger partial charge in [0.05, 0.1) is 4.90 Å². The first kappa shape index (κ1) is 20.1. The van der Waals surface area contributed by atoms with Crippen molar-refractivity contribution in [2.24, 2.45) is 5.92 Å². The summed E-state index contributed by atoms with van der Waals surface area (Å²) in [6.07, 6.45) is 0.990. The maximum atomic E-state index is 11.9. The molecule has 0 bridgehead atoms.